The van der Waals surface area contributed by atoms with Crippen molar-refractivity contribution in [2.24, 2.45) is 5.92 Å². The third-order valence-corrected chi connectivity index (χ3v) is 3.71. The van der Waals surface area contributed by atoms with Crippen LogP contribution < -0.4 is 5.32 Å². The number of likely N-dealkylation sites (tertiary alicyclic amines) is 1. The molecule has 5 nitrogen and oxygen atoms in total. The van der Waals surface area contributed by atoms with Crippen LogP contribution in [0.4, 0.5) is 4.79 Å². The summed E-state index contributed by atoms with van der Waals surface area (Å²) in [5.41, 5.74) is 2.28. The molecular weight excluding hydrogens is 218 g/mol. The zero-order valence-corrected chi connectivity index (χ0v) is 9.47. The average molecular weight is 233 g/mol. The molecule has 3 rings (SSSR count). The van der Waals surface area contributed by atoms with E-state index in [1.807, 2.05) is 6.07 Å². The number of hydrogen-bond donors (Lipinski definition) is 2. The molecule has 1 fully saturated rings. The third-order valence-electron chi connectivity index (χ3n) is 3.71. The van der Waals surface area contributed by atoms with E-state index in [1.165, 1.54) is 10.5 Å². The summed E-state index contributed by atoms with van der Waals surface area (Å²) in [4.78, 5) is 17.0. The number of fused-ring (bicyclic) bond motifs is 3. The van der Waals surface area contributed by atoms with Crippen molar-refractivity contribution >= 4 is 6.09 Å². The number of hydrogen-bond acceptors (Lipinski definition) is 3. The lowest BCUT2D eigenvalue weighted by Crippen LogP contribution is -2.29. The molecule has 5 heteroatoms. The zero-order chi connectivity index (χ0) is 11.8. The normalized spacial score (nSPS) is 27.2. The van der Waals surface area contributed by atoms with Crippen molar-refractivity contribution in [3.8, 4) is 0 Å². The lowest BCUT2D eigenvalue weighted by molar-refractivity contribution is 0.153. The minimum Gasteiger partial charge on any atom is -0.465 e. The van der Waals surface area contributed by atoms with E-state index >= 15 is 0 Å². The average Bonchev–Trinajstić information content (AvgIpc) is 2.67. The van der Waals surface area contributed by atoms with E-state index in [9.17, 15) is 4.79 Å². The predicted octanol–water partition coefficient (Wildman–Crippen LogP) is 0.878. The first-order valence-corrected chi connectivity index (χ1v) is 5.88. The van der Waals surface area contributed by atoms with Crippen molar-refractivity contribution in [3.05, 3.63) is 29.6 Å². The Morgan fingerprint density at radius 1 is 1.53 bits per heavy atom. The summed E-state index contributed by atoms with van der Waals surface area (Å²) in [6, 6.07) is 4.01. The Bertz CT molecular complexity index is 449. The minimum atomic E-state index is -0.824. The highest BCUT2D eigenvalue weighted by atomic mass is 16.4. The number of pyridine rings is 1. The Labute approximate surface area is 99.5 Å². The maximum Gasteiger partial charge on any atom is 0.407 e. The van der Waals surface area contributed by atoms with Crippen molar-refractivity contribution in [2.75, 3.05) is 19.6 Å². The lowest BCUT2D eigenvalue weighted by Gasteiger charge is -2.14. The summed E-state index contributed by atoms with van der Waals surface area (Å²) in [6.45, 7) is 2.89. The van der Waals surface area contributed by atoms with Gasteiger partial charge in [-0.05, 0) is 17.5 Å². The number of carboxylic acid groups (broad SMARTS) is 1. The van der Waals surface area contributed by atoms with Gasteiger partial charge in [0.2, 0.25) is 0 Å². The maximum absolute atomic E-state index is 11.0. The Balaban J connectivity index is 1.95. The molecule has 0 aromatic carbocycles. The summed E-state index contributed by atoms with van der Waals surface area (Å²) >= 11 is 0. The molecule has 2 aliphatic heterocycles. The van der Waals surface area contributed by atoms with Gasteiger partial charge in [-0.2, -0.15) is 0 Å². The van der Waals surface area contributed by atoms with Crippen LogP contribution in [0.1, 0.15) is 17.2 Å². The van der Waals surface area contributed by atoms with Crippen LogP contribution in [0, 0.1) is 5.92 Å². The second-order valence-corrected chi connectivity index (χ2v) is 4.73. The Hall–Kier alpha value is -1.62. The molecule has 3 heterocycles. The third kappa shape index (κ3) is 1.76. The van der Waals surface area contributed by atoms with E-state index < -0.39 is 6.09 Å². The molecule has 90 valence electrons. The van der Waals surface area contributed by atoms with Crippen LogP contribution in [-0.2, 0) is 6.54 Å². The molecule has 17 heavy (non-hydrogen) atoms. The molecule has 1 saturated heterocycles. The molecular formula is C12H15N3O2. The van der Waals surface area contributed by atoms with Crippen LogP contribution >= 0.6 is 0 Å². The molecule has 0 saturated carbocycles. The van der Waals surface area contributed by atoms with Gasteiger partial charge in [-0.3, -0.25) is 4.98 Å². The Kier molecular flexibility index (Phi) is 2.48. The van der Waals surface area contributed by atoms with Gasteiger partial charge in [0.15, 0.2) is 0 Å². The molecule has 0 spiro atoms. The first-order valence-electron chi connectivity index (χ1n) is 5.88. The topological polar surface area (TPSA) is 65.5 Å². The summed E-state index contributed by atoms with van der Waals surface area (Å²) < 4.78 is 0. The largest absolute Gasteiger partial charge is 0.465 e. The van der Waals surface area contributed by atoms with E-state index in [0.29, 0.717) is 19.0 Å². The monoisotopic (exact) mass is 233 g/mol. The van der Waals surface area contributed by atoms with Gasteiger partial charge in [0.1, 0.15) is 0 Å². The van der Waals surface area contributed by atoms with Gasteiger partial charge in [-0.15, -0.1) is 0 Å². The first kappa shape index (κ1) is 10.5. The van der Waals surface area contributed by atoms with Crippen molar-refractivity contribution < 1.29 is 9.90 Å². The van der Waals surface area contributed by atoms with Crippen molar-refractivity contribution in [3.63, 3.8) is 0 Å². The van der Waals surface area contributed by atoms with Gasteiger partial charge in [0.05, 0.1) is 5.69 Å². The molecule has 1 aromatic heterocycles. The number of amides is 1. The van der Waals surface area contributed by atoms with Gasteiger partial charge in [0, 0.05) is 38.3 Å². The van der Waals surface area contributed by atoms with E-state index in [4.69, 9.17) is 5.11 Å². The van der Waals surface area contributed by atoms with E-state index in [-0.39, 0.29) is 5.92 Å². The standard InChI is InChI=1S/C12H15N3O2/c16-12(17)15-6-9-5-13-4-8-2-1-3-14-11(8)10(9)7-15/h1-3,9-10,13H,4-7H2,(H,16,17). The molecule has 1 aromatic rings. The molecule has 0 bridgehead atoms. The second kappa shape index (κ2) is 4.00. The minimum absolute atomic E-state index is 0.248. The number of aromatic nitrogens is 1. The molecule has 2 atom stereocenters. The number of nitrogens with zero attached hydrogens (tertiary/aromatic N) is 2. The van der Waals surface area contributed by atoms with Gasteiger partial charge in [0.25, 0.3) is 0 Å². The van der Waals surface area contributed by atoms with E-state index in [1.54, 1.807) is 6.20 Å². The summed E-state index contributed by atoms with van der Waals surface area (Å²) in [5.74, 6) is 0.597. The van der Waals surface area contributed by atoms with Crippen LogP contribution in [0.2, 0.25) is 0 Å². The molecule has 0 aliphatic carbocycles. The summed E-state index contributed by atoms with van der Waals surface area (Å²) in [7, 11) is 0. The van der Waals surface area contributed by atoms with E-state index in [2.05, 4.69) is 16.4 Å². The number of nitrogens with one attached hydrogen (secondary N) is 1. The Morgan fingerprint density at radius 2 is 2.41 bits per heavy atom. The van der Waals surface area contributed by atoms with Gasteiger partial charge >= 0.3 is 6.09 Å². The molecule has 2 aliphatic rings. The van der Waals surface area contributed by atoms with Gasteiger partial charge in [-0.1, -0.05) is 6.07 Å². The second-order valence-electron chi connectivity index (χ2n) is 4.73. The Morgan fingerprint density at radius 3 is 3.24 bits per heavy atom. The van der Waals surface area contributed by atoms with Gasteiger partial charge < -0.3 is 15.3 Å². The smallest absolute Gasteiger partial charge is 0.407 e. The van der Waals surface area contributed by atoms with Crippen molar-refractivity contribution in [1.29, 1.82) is 0 Å². The van der Waals surface area contributed by atoms with E-state index in [0.717, 1.165) is 18.8 Å². The van der Waals surface area contributed by atoms with Crippen LogP contribution in [-0.4, -0.2) is 40.7 Å². The fraction of sp³-hybridized carbons (Fsp3) is 0.500. The molecule has 1 amide bonds. The quantitative estimate of drug-likeness (QED) is 0.698. The van der Waals surface area contributed by atoms with Gasteiger partial charge in [-0.25, -0.2) is 4.79 Å². The maximum atomic E-state index is 11.0. The van der Waals surface area contributed by atoms with Crippen molar-refractivity contribution in [2.45, 2.75) is 12.5 Å². The van der Waals surface area contributed by atoms with Crippen LogP contribution in [0.5, 0.6) is 0 Å². The number of carbonyl (C=O) groups is 1. The fourth-order valence-electron chi connectivity index (χ4n) is 2.87. The first-order chi connectivity index (χ1) is 8.25. The highest BCUT2D eigenvalue weighted by Crippen LogP contribution is 2.34. The summed E-state index contributed by atoms with van der Waals surface area (Å²) in [5, 5.41) is 12.4. The van der Waals surface area contributed by atoms with Crippen LogP contribution in [0.3, 0.4) is 0 Å². The molecule has 2 unspecified atom stereocenters. The lowest BCUT2D eigenvalue weighted by atomic mass is 9.91. The van der Waals surface area contributed by atoms with Crippen molar-refractivity contribution in [1.82, 2.24) is 15.2 Å². The highest BCUT2D eigenvalue weighted by molar-refractivity contribution is 5.65. The van der Waals surface area contributed by atoms with Crippen LogP contribution in [0.25, 0.3) is 0 Å². The predicted molar refractivity (Wildman–Crippen MR) is 61.8 cm³/mol. The SMILES string of the molecule is O=C(O)N1CC2CNCc3cccnc3C2C1. The zero-order valence-electron chi connectivity index (χ0n) is 9.47. The molecule has 2 N–H and O–H groups in total. The highest BCUT2D eigenvalue weighted by Gasteiger charge is 2.38. The number of rotatable bonds is 0. The fourth-order valence-corrected chi connectivity index (χ4v) is 2.87. The molecule has 0 radical (unpaired) electrons. The van der Waals surface area contributed by atoms with Crippen LogP contribution in [0.15, 0.2) is 18.3 Å². The summed E-state index contributed by atoms with van der Waals surface area (Å²) in [6.07, 6.45) is 0.973.